The third kappa shape index (κ3) is 0.914. The molecule has 1 saturated heterocycles. The summed E-state index contributed by atoms with van der Waals surface area (Å²) in [6.45, 7) is 2.05. The molecule has 1 aliphatic heterocycles. The van der Waals surface area contributed by atoms with E-state index in [1.54, 1.807) is 0 Å². The van der Waals surface area contributed by atoms with Gasteiger partial charge in [0.05, 0.1) is 6.04 Å². The van der Waals surface area contributed by atoms with Crippen LogP contribution in [0.15, 0.2) is 0 Å². The first kappa shape index (κ1) is 7.88. The fourth-order valence-corrected chi connectivity index (χ4v) is 1.50. The molecule has 0 saturated carbocycles. The molecule has 1 fully saturated rings. The molecule has 0 aromatic heterocycles. The molecule has 2 nitrogen and oxygen atoms in total. The van der Waals surface area contributed by atoms with Crippen molar-refractivity contribution in [1.82, 2.24) is 9.80 Å². The second-order valence-corrected chi connectivity index (χ2v) is 3.25. The van der Waals surface area contributed by atoms with Crippen LogP contribution in [0.1, 0.15) is 6.92 Å². The van der Waals surface area contributed by atoms with Gasteiger partial charge >= 0.3 is 0 Å². The van der Waals surface area contributed by atoms with Gasteiger partial charge in [-0.25, -0.2) is 0 Å². The average Bonchev–Trinajstić information content (AvgIpc) is 2.07. The van der Waals surface area contributed by atoms with E-state index in [2.05, 4.69) is 6.92 Å². The van der Waals surface area contributed by atoms with Gasteiger partial charge < -0.3 is 9.80 Å². The van der Waals surface area contributed by atoms with Crippen LogP contribution in [0, 0.1) is 0 Å². The smallest absolute Gasteiger partial charge is 0.176 e. The molecule has 56 valence electrons. The summed E-state index contributed by atoms with van der Waals surface area (Å²) in [7, 11) is 3.87. The monoisotopic (exact) mass is 174 g/mol. The molecule has 1 aliphatic rings. The van der Waals surface area contributed by atoms with Crippen molar-refractivity contribution < 1.29 is 0 Å². The predicted molar refractivity (Wildman–Crippen MR) is 50.2 cm³/mol. The van der Waals surface area contributed by atoms with Crippen LogP contribution in [0.2, 0.25) is 0 Å². The largest absolute Gasteiger partial charge is 0.343 e. The number of nitrogens with zero attached hydrogens (tertiary/aromatic N) is 2. The van der Waals surface area contributed by atoms with Gasteiger partial charge in [0.1, 0.15) is 4.99 Å². The zero-order valence-electron chi connectivity index (χ0n) is 6.29. The van der Waals surface area contributed by atoms with Crippen LogP contribution in [0.25, 0.3) is 0 Å². The summed E-state index contributed by atoms with van der Waals surface area (Å²) in [6, 6.07) is 0.285. The first-order chi connectivity index (χ1) is 4.55. The lowest BCUT2D eigenvalue weighted by atomic mass is 10.3. The highest BCUT2D eigenvalue weighted by atomic mass is 32.1. The van der Waals surface area contributed by atoms with Crippen LogP contribution < -0.4 is 0 Å². The fourth-order valence-electron chi connectivity index (χ4n) is 0.942. The van der Waals surface area contributed by atoms with E-state index >= 15 is 0 Å². The van der Waals surface area contributed by atoms with Crippen LogP contribution in [0.3, 0.4) is 0 Å². The quantitative estimate of drug-likeness (QED) is 0.502. The molecular weight excluding hydrogens is 164 g/mol. The predicted octanol–water partition coefficient (Wildman–Crippen LogP) is 0.864. The Hall–Kier alpha value is -0.220. The number of hydrogen-bond acceptors (Lipinski definition) is 2. The molecule has 0 N–H and O–H groups in total. The molecule has 1 rings (SSSR count). The second kappa shape index (κ2) is 2.43. The zero-order valence-corrected chi connectivity index (χ0v) is 7.92. The maximum Gasteiger partial charge on any atom is 0.176 e. The van der Waals surface area contributed by atoms with E-state index in [1.165, 1.54) is 0 Å². The Morgan fingerprint density at radius 3 is 1.90 bits per heavy atom. The summed E-state index contributed by atoms with van der Waals surface area (Å²) in [5.41, 5.74) is 0. The van der Waals surface area contributed by atoms with Gasteiger partial charge in [-0.15, -0.1) is 0 Å². The molecule has 0 aliphatic carbocycles. The van der Waals surface area contributed by atoms with Crippen molar-refractivity contribution in [3.05, 3.63) is 0 Å². The topological polar surface area (TPSA) is 6.48 Å². The Labute approximate surface area is 71.8 Å². The van der Waals surface area contributed by atoms with Gasteiger partial charge in [0.25, 0.3) is 0 Å². The molecular formula is C6H10N2S2. The summed E-state index contributed by atoms with van der Waals surface area (Å²) in [6.07, 6.45) is 0. The lowest BCUT2D eigenvalue weighted by molar-refractivity contribution is 0.496. The van der Waals surface area contributed by atoms with Crippen LogP contribution in [0.5, 0.6) is 0 Å². The van der Waals surface area contributed by atoms with E-state index in [4.69, 9.17) is 24.4 Å². The summed E-state index contributed by atoms with van der Waals surface area (Å²) in [5.74, 6) is 0. The summed E-state index contributed by atoms with van der Waals surface area (Å²) in [4.78, 5) is 4.78. The molecule has 1 atom stereocenters. The Morgan fingerprint density at radius 2 is 1.80 bits per heavy atom. The second-order valence-electron chi connectivity index (χ2n) is 2.47. The van der Waals surface area contributed by atoms with Crippen molar-refractivity contribution in [2.24, 2.45) is 0 Å². The Balaban J connectivity index is 2.89. The fraction of sp³-hybridized carbons (Fsp3) is 0.667. The lowest BCUT2D eigenvalue weighted by Gasteiger charge is -2.13. The van der Waals surface area contributed by atoms with Gasteiger partial charge in [0.2, 0.25) is 0 Å². The van der Waals surface area contributed by atoms with E-state index in [-0.39, 0.29) is 6.04 Å². The van der Waals surface area contributed by atoms with Crippen molar-refractivity contribution in [3.8, 4) is 0 Å². The third-order valence-electron chi connectivity index (χ3n) is 1.86. The number of likely N-dealkylation sites (N-methyl/N-ethyl adjacent to an activating group) is 2. The van der Waals surface area contributed by atoms with E-state index in [9.17, 15) is 0 Å². The maximum absolute atomic E-state index is 5.12. The van der Waals surface area contributed by atoms with Gasteiger partial charge in [-0.05, 0) is 19.1 Å². The molecule has 0 bridgehead atoms. The number of hydrogen-bond donors (Lipinski definition) is 0. The molecule has 0 spiro atoms. The Kier molecular flexibility index (Phi) is 1.92. The summed E-state index contributed by atoms with van der Waals surface area (Å²) < 4.78 is 0. The zero-order chi connectivity index (χ0) is 7.89. The molecule has 1 heterocycles. The van der Waals surface area contributed by atoms with Gasteiger partial charge in [-0.3, -0.25) is 0 Å². The molecule has 4 heteroatoms. The van der Waals surface area contributed by atoms with Crippen molar-refractivity contribution in [1.29, 1.82) is 0 Å². The highest BCUT2D eigenvalue weighted by Gasteiger charge is 2.30. The van der Waals surface area contributed by atoms with Crippen molar-refractivity contribution in [2.75, 3.05) is 14.1 Å². The first-order valence-corrected chi connectivity index (χ1v) is 3.91. The highest BCUT2D eigenvalue weighted by molar-refractivity contribution is 7.82. The molecule has 0 aromatic carbocycles. The lowest BCUT2D eigenvalue weighted by Crippen LogP contribution is -2.28. The number of rotatable bonds is 0. The van der Waals surface area contributed by atoms with Gasteiger partial charge in [-0.1, -0.05) is 12.2 Å². The normalized spacial score (nSPS) is 26.5. The van der Waals surface area contributed by atoms with Gasteiger partial charge in [0.15, 0.2) is 5.11 Å². The minimum Gasteiger partial charge on any atom is -0.343 e. The minimum atomic E-state index is 0.285. The standard InChI is InChI=1S/C6H10N2S2/c1-4-5(9)8(3)6(10)7(4)2/h4H,1-3H3. The van der Waals surface area contributed by atoms with Crippen LogP contribution in [0.4, 0.5) is 0 Å². The van der Waals surface area contributed by atoms with Gasteiger partial charge in [0, 0.05) is 14.1 Å². The molecule has 10 heavy (non-hydrogen) atoms. The van der Waals surface area contributed by atoms with Crippen LogP contribution in [-0.4, -0.2) is 40.0 Å². The average molecular weight is 174 g/mol. The van der Waals surface area contributed by atoms with E-state index in [1.807, 2.05) is 23.9 Å². The van der Waals surface area contributed by atoms with Gasteiger partial charge in [-0.2, -0.15) is 0 Å². The van der Waals surface area contributed by atoms with Crippen LogP contribution in [-0.2, 0) is 0 Å². The van der Waals surface area contributed by atoms with Crippen molar-refractivity contribution in [3.63, 3.8) is 0 Å². The van der Waals surface area contributed by atoms with E-state index in [0.29, 0.717) is 0 Å². The molecule has 1 unspecified atom stereocenters. The maximum atomic E-state index is 5.12. The van der Waals surface area contributed by atoms with E-state index < -0.39 is 0 Å². The number of thiocarbonyl (C=S) groups is 2. The van der Waals surface area contributed by atoms with Crippen molar-refractivity contribution in [2.45, 2.75) is 13.0 Å². The van der Waals surface area contributed by atoms with E-state index in [0.717, 1.165) is 10.1 Å². The Bertz CT molecular complexity index is 170. The highest BCUT2D eigenvalue weighted by Crippen LogP contribution is 2.14. The summed E-state index contributed by atoms with van der Waals surface area (Å²) in [5, 5.41) is 0.817. The first-order valence-electron chi connectivity index (χ1n) is 3.10. The minimum absolute atomic E-state index is 0.285. The van der Waals surface area contributed by atoms with Crippen molar-refractivity contribution >= 4 is 34.5 Å². The molecule has 0 amide bonds. The molecule has 0 aromatic rings. The molecule has 0 radical (unpaired) electrons. The SMILES string of the molecule is CC1C(=S)N(C)C(=S)N1C. The Morgan fingerprint density at radius 1 is 1.30 bits per heavy atom. The third-order valence-corrected chi connectivity index (χ3v) is 3.03. The van der Waals surface area contributed by atoms with Crippen LogP contribution >= 0.6 is 24.4 Å². The summed E-state index contributed by atoms with van der Waals surface area (Å²) >= 11 is 10.2.